The molecule has 0 aliphatic heterocycles. The maximum absolute atomic E-state index is 12.5. The quantitative estimate of drug-likeness (QED) is 0.535. The predicted octanol–water partition coefficient (Wildman–Crippen LogP) is 4.88. The molecule has 5 nitrogen and oxygen atoms in total. The van der Waals surface area contributed by atoms with Crippen LogP contribution in [0.5, 0.6) is 5.75 Å². The molecule has 1 heterocycles. The van der Waals surface area contributed by atoms with Crippen molar-refractivity contribution >= 4 is 22.6 Å². The number of fused-ring (bicyclic) bond motifs is 1. The maximum atomic E-state index is 12.5. The third-order valence-electron chi connectivity index (χ3n) is 4.21. The first-order valence-corrected chi connectivity index (χ1v) is 8.82. The fraction of sp³-hybridized carbons (Fsp3) is 0.0909. The number of benzene rings is 3. The van der Waals surface area contributed by atoms with Crippen molar-refractivity contribution < 1.29 is 9.53 Å². The van der Waals surface area contributed by atoms with E-state index >= 15 is 0 Å². The second kappa shape index (κ2) is 7.33. The van der Waals surface area contributed by atoms with Crippen LogP contribution in [0.1, 0.15) is 17.3 Å². The molecule has 0 saturated carbocycles. The Kier molecular flexibility index (Phi) is 4.58. The summed E-state index contributed by atoms with van der Waals surface area (Å²) in [6, 6.07) is 22.6. The zero-order valence-electron chi connectivity index (χ0n) is 14.9. The Morgan fingerprint density at radius 1 is 1.04 bits per heavy atom. The number of H-pyrrole nitrogens is 1. The Balaban J connectivity index is 1.54. The Bertz CT molecular complexity index is 1050. The number of ether oxygens (including phenoxy) is 1. The van der Waals surface area contributed by atoms with Gasteiger partial charge in [-0.25, -0.2) is 4.98 Å². The summed E-state index contributed by atoms with van der Waals surface area (Å²) in [5.41, 5.74) is 4.10. The molecule has 4 aromatic rings. The highest BCUT2D eigenvalue weighted by Gasteiger charge is 2.09. The number of imidazole rings is 1. The van der Waals surface area contributed by atoms with Gasteiger partial charge < -0.3 is 15.0 Å². The van der Waals surface area contributed by atoms with E-state index in [1.165, 1.54) is 0 Å². The van der Waals surface area contributed by atoms with E-state index in [0.29, 0.717) is 17.9 Å². The number of rotatable bonds is 5. The minimum atomic E-state index is -0.167. The summed E-state index contributed by atoms with van der Waals surface area (Å²) in [6.07, 6.45) is 0. The van der Waals surface area contributed by atoms with Gasteiger partial charge in [-0.3, -0.25) is 4.79 Å². The SMILES string of the molecule is CCOc1ccc(C(=O)Nc2cccc(-c3nc4ccccc4[nH]3)c2)cc1. The van der Waals surface area contributed by atoms with Crippen molar-refractivity contribution in [2.75, 3.05) is 11.9 Å². The number of para-hydroxylation sites is 2. The highest BCUT2D eigenvalue weighted by Crippen LogP contribution is 2.23. The average molecular weight is 357 g/mol. The molecular formula is C22H19N3O2. The highest BCUT2D eigenvalue weighted by molar-refractivity contribution is 6.04. The van der Waals surface area contributed by atoms with E-state index in [0.717, 1.165) is 28.2 Å². The van der Waals surface area contributed by atoms with E-state index in [1.54, 1.807) is 24.3 Å². The number of nitrogens with one attached hydrogen (secondary N) is 2. The molecule has 1 aromatic heterocycles. The first-order chi connectivity index (χ1) is 13.2. The second-order valence-corrected chi connectivity index (χ2v) is 6.09. The molecule has 27 heavy (non-hydrogen) atoms. The Labute approximate surface area is 157 Å². The molecule has 134 valence electrons. The van der Waals surface area contributed by atoms with Crippen LogP contribution in [0.3, 0.4) is 0 Å². The number of nitrogens with zero attached hydrogens (tertiary/aromatic N) is 1. The van der Waals surface area contributed by atoms with Gasteiger partial charge >= 0.3 is 0 Å². The Morgan fingerprint density at radius 2 is 1.85 bits per heavy atom. The van der Waals surface area contributed by atoms with Gasteiger partial charge in [0.2, 0.25) is 0 Å². The van der Waals surface area contributed by atoms with Crippen LogP contribution < -0.4 is 10.1 Å². The topological polar surface area (TPSA) is 67.0 Å². The molecule has 0 aliphatic carbocycles. The molecule has 2 N–H and O–H groups in total. The van der Waals surface area contributed by atoms with Crippen molar-refractivity contribution in [1.29, 1.82) is 0 Å². The lowest BCUT2D eigenvalue weighted by Gasteiger charge is -2.08. The predicted molar refractivity (Wildman–Crippen MR) is 107 cm³/mol. The number of hydrogen-bond acceptors (Lipinski definition) is 3. The second-order valence-electron chi connectivity index (χ2n) is 6.09. The minimum absolute atomic E-state index is 0.167. The van der Waals surface area contributed by atoms with Gasteiger partial charge in [0.05, 0.1) is 17.6 Å². The Morgan fingerprint density at radius 3 is 2.63 bits per heavy atom. The fourth-order valence-electron chi connectivity index (χ4n) is 2.91. The van der Waals surface area contributed by atoms with Crippen LogP contribution in [0, 0.1) is 0 Å². The average Bonchev–Trinajstić information content (AvgIpc) is 3.13. The maximum Gasteiger partial charge on any atom is 0.255 e. The smallest absolute Gasteiger partial charge is 0.255 e. The summed E-state index contributed by atoms with van der Waals surface area (Å²) in [5.74, 6) is 1.36. The van der Waals surface area contributed by atoms with Crippen molar-refractivity contribution in [1.82, 2.24) is 9.97 Å². The molecule has 0 unspecified atom stereocenters. The van der Waals surface area contributed by atoms with E-state index in [9.17, 15) is 4.79 Å². The zero-order valence-corrected chi connectivity index (χ0v) is 14.9. The van der Waals surface area contributed by atoms with Crippen molar-refractivity contribution in [3.63, 3.8) is 0 Å². The number of aromatic amines is 1. The van der Waals surface area contributed by atoms with Crippen LogP contribution in [-0.4, -0.2) is 22.5 Å². The van der Waals surface area contributed by atoms with Crippen LogP contribution >= 0.6 is 0 Å². The van der Waals surface area contributed by atoms with Crippen LogP contribution in [0.4, 0.5) is 5.69 Å². The van der Waals surface area contributed by atoms with Gasteiger partial charge in [-0.05, 0) is 55.5 Å². The van der Waals surface area contributed by atoms with E-state index < -0.39 is 0 Å². The first-order valence-electron chi connectivity index (χ1n) is 8.82. The zero-order chi connectivity index (χ0) is 18.6. The molecule has 1 amide bonds. The lowest BCUT2D eigenvalue weighted by atomic mass is 10.1. The molecule has 0 spiro atoms. The van der Waals surface area contributed by atoms with E-state index in [1.807, 2.05) is 55.5 Å². The Hall–Kier alpha value is -3.60. The van der Waals surface area contributed by atoms with E-state index in [4.69, 9.17) is 4.74 Å². The van der Waals surface area contributed by atoms with Crippen molar-refractivity contribution in [2.24, 2.45) is 0 Å². The standard InChI is InChI=1S/C22H19N3O2/c1-2-27-18-12-10-15(11-13-18)22(26)23-17-7-5-6-16(14-17)21-24-19-8-3-4-9-20(19)25-21/h3-14H,2H2,1H3,(H,23,26)(H,24,25). The summed E-state index contributed by atoms with van der Waals surface area (Å²) < 4.78 is 5.41. The van der Waals surface area contributed by atoms with Crippen LogP contribution in [0.2, 0.25) is 0 Å². The number of hydrogen-bond donors (Lipinski definition) is 2. The number of carbonyl (C=O) groups is 1. The van der Waals surface area contributed by atoms with Gasteiger partial charge in [0.25, 0.3) is 5.91 Å². The monoisotopic (exact) mass is 357 g/mol. The van der Waals surface area contributed by atoms with Gasteiger partial charge in [-0.15, -0.1) is 0 Å². The highest BCUT2D eigenvalue weighted by atomic mass is 16.5. The summed E-state index contributed by atoms with van der Waals surface area (Å²) in [6.45, 7) is 2.52. The molecule has 0 aliphatic rings. The summed E-state index contributed by atoms with van der Waals surface area (Å²) in [5, 5.41) is 2.93. The first kappa shape index (κ1) is 16.8. The van der Waals surface area contributed by atoms with Gasteiger partial charge in [0.1, 0.15) is 11.6 Å². The van der Waals surface area contributed by atoms with Crippen LogP contribution in [0.15, 0.2) is 72.8 Å². The molecule has 0 radical (unpaired) electrons. The third-order valence-corrected chi connectivity index (χ3v) is 4.21. The van der Waals surface area contributed by atoms with Crippen molar-refractivity contribution in [2.45, 2.75) is 6.92 Å². The lowest BCUT2D eigenvalue weighted by Crippen LogP contribution is -2.11. The number of aromatic nitrogens is 2. The molecule has 0 atom stereocenters. The number of anilines is 1. The third kappa shape index (κ3) is 3.67. The van der Waals surface area contributed by atoms with Crippen molar-refractivity contribution in [3.05, 3.63) is 78.4 Å². The molecule has 3 aromatic carbocycles. The van der Waals surface area contributed by atoms with Gasteiger partial charge in [0.15, 0.2) is 0 Å². The summed E-state index contributed by atoms with van der Waals surface area (Å²) >= 11 is 0. The summed E-state index contributed by atoms with van der Waals surface area (Å²) in [4.78, 5) is 20.4. The molecule has 0 fully saturated rings. The fourth-order valence-corrected chi connectivity index (χ4v) is 2.91. The van der Waals surface area contributed by atoms with Gasteiger partial charge in [0, 0.05) is 16.8 Å². The molecular weight excluding hydrogens is 338 g/mol. The van der Waals surface area contributed by atoms with Crippen LogP contribution in [0.25, 0.3) is 22.4 Å². The molecule has 5 heteroatoms. The van der Waals surface area contributed by atoms with Crippen LogP contribution in [-0.2, 0) is 0 Å². The number of carbonyl (C=O) groups excluding carboxylic acids is 1. The largest absolute Gasteiger partial charge is 0.494 e. The molecule has 4 rings (SSSR count). The van der Waals surface area contributed by atoms with Gasteiger partial charge in [-0.2, -0.15) is 0 Å². The molecule has 0 bridgehead atoms. The van der Waals surface area contributed by atoms with E-state index in [2.05, 4.69) is 15.3 Å². The lowest BCUT2D eigenvalue weighted by molar-refractivity contribution is 0.102. The number of amides is 1. The minimum Gasteiger partial charge on any atom is -0.494 e. The molecule has 0 saturated heterocycles. The van der Waals surface area contributed by atoms with Gasteiger partial charge in [-0.1, -0.05) is 24.3 Å². The van der Waals surface area contributed by atoms with Crippen molar-refractivity contribution in [3.8, 4) is 17.1 Å². The van der Waals surface area contributed by atoms with E-state index in [-0.39, 0.29) is 5.91 Å². The normalized spacial score (nSPS) is 10.7. The summed E-state index contributed by atoms with van der Waals surface area (Å²) in [7, 11) is 0.